The highest BCUT2D eigenvalue weighted by Gasteiger charge is 2.29. The van der Waals surface area contributed by atoms with Crippen molar-refractivity contribution in [2.75, 3.05) is 18.4 Å². The molecule has 3 rings (SSSR count). The normalized spacial score (nSPS) is 17.4. The van der Waals surface area contributed by atoms with Gasteiger partial charge in [0.15, 0.2) is 5.13 Å². The molecule has 1 fully saturated rings. The molecule has 2 aromatic rings. The molecule has 1 saturated heterocycles. The van der Waals surface area contributed by atoms with Crippen molar-refractivity contribution in [1.82, 2.24) is 14.9 Å². The Balaban J connectivity index is 1.59. The highest BCUT2D eigenvalue weighted by atomic mass is 32.1. The molecule has 1 aliphatic rings. The zero-order chi connectivity index (χ0) is 20.1. The molecule has 0 spiro atoms. The van der Waals surface area contributed by atoms with Crippen molar-refractivity contribution in [2.24, 2.45) is 5.73 Å². The van der Waals surface area contributed by atoms with E-state index < -0.39 is 12.1 Å². The molecule has 2 atom stereocenters. The Morgan fingerprint density at radius 1 is 1.43 bits per heavy atom. The summed E-state index contributed by atoms with van der Waals surface area (Å²) in [5, 5.41) is 13.7. The average Bonchev–Trinajstić information content (AvgIpc) is 3.14. The maximum absolute atomic E-state index is 12.3. The van der Waals surface area contributed by atoms with Crippen molar-refractivity contribution in [3.63, 3.8) is 0 Å². The van der Waals surface area contributed by atoms with Gasteiger partial charge in [-0.1, -0.05) is 19.4 Å². The minimum absolute atomic E-state index is 0.177. The lowest BCUT2D eigenvalue weighted by molar-refractivity contribution is -0.135. The number of rotatable bonds is 7. The molecule has 1 aliphatic heterocycles. The fourth-order valence-corrected chi connectivity index (χ4v) is 4.32. The third kappa shape index (κ3) is 5.06. The fourth-order valence-electron chi connectivity index (χ4n) is 3.40. The first-order valence-corrected chi connectivity index (χ1v) is 10.7. The fraction of sp³-hybridized carbons (Fsp3) is 0.550. The van der Waals surface area contributed by atoms with E-state index in [-0.39, 0.29) is 5.91 Å². The van der Waals surface area contributed by atoms with Crippen LogP contribution in [0, 0.1) is 0 Å². The van der Waals surface area contributed by atoms with E-state index in [1.165, 1.54) is 4.88 Å². The summed E-state index contributed by atoms with van der Waals surface area (Å²) in [5.74, 6) is 0.925. The van der Waals surface area contributed by atoms with E-state index in [1.54, 1.807) is 23.2 Å². The summed E-state index contributed by atoms with van der Waals surface area (Å²) in [6.07, 6.45) is 4.92. The van der Waals surface area contributed by atoms with Crippen LogP contribution in [0.3, 0.4) is 0 Å². The Kier molecular flexibility index (Phi) is 6.98. The molecule has 0 unspecified atom stereocenters. The summed E-state index contributed by atoms with van der Waals surface area (Å²) in [7, 11) is 0. The van der Waals surface area contributed by atoms with Gasteiger partial charge in [0, 0.05) is 35.8 Å². The molecule has 7 nitrogen and oxygen atoms in total. The van der Waals surface area contributed by atoms with Gasteiger partial charge in [-0.25, -0.2) is 9.97 Å². The predicted octanol–water partition coefficient (Wildman–Crippen LogP) is 2.65. The molecule has 0 bridgehead atoms. The lowest BCUT2D eigenvalue weighted by Gasteiger charge is -2.33. The van der Waals surface area contributed by atoms with Gasteiger partial charge in [-0.05, 0) is 38.3 Å². The number of hydrogen-bond donors (Lipinski definition) is 3. The molecule has 8 heteroatoms. The molecular weight excluding hydrogens is 374 g/mol. The lowest BCUT2D eigenvalue weighted by atomic mass is 9.92. The van der Waals surface area contributed by atoms with Gasteiger partial charge in [0.05, 0.1) is 6.10 Å². The molecule has 4 N–H and O–H groups in total. The summed E-state index contributed by atoms with van der Waals surface area (Å²) in [6, 6.07) is 5.15. The second-order valence-corrected chi connectivity index (χ2v) is 8.44. The second kappa shape index (κ2) is 9.45. The molecular formula is C20H29N5O2S. The van der Waals surface area contributed by atoms with E-state index in [9.17, 15) is 9.90 Å². The largest absolute Gasteiger partial charge is 0.391 e. The second-order valence-electron chi connectivity index (χ2n) is 7.32. The quantitative estimate of drug-likeness (QED) is 0.656. The minimum Gasteiger partial charge on any atom is -0.391 e. The molecule has 0 aliphatic carbocycles. The van der Waals surface area contributed by atoms with Crippen molar-refractivity contribution in [2.45, 2.75) is 57.6 Å². The Bertz CT molecular complexity index is 786. The van der Waals surface area contributed by atoms with Crippen LogP contribution in [0.1, 0.15) is 49.6 Å². The van der Waals surface area contributed by atoms with Crippen LogP contribution in [-0.4, -0.2) is 51.1 Å². The number of carbonyl (C=O) groups is 1. The topological polar surface area (TPSA) is 104 Å². The number of aliphatic hydroxyl groups excluding tert-OH is 1. The van der Waals surface area contributed by atoms with Gasteiger partial charge in [0.2, 0.25) is 5.91 Å². The van der Waals surface area contributed by atoms with Crippen LogP contribution >= 0.6 is 11.3 Å². The van der Waals surface area contributed by atoms with Crippen LogP contribution in [0.4, 0.5) is 10.9 Å². The summed E-state index contributed by atoms with van der Waals surface area (Å²) >= 11 is 1.66. The number of nitrogens with zero attached hydrogens (tertiary/aromatic N) is 3. The minimum atomic E-state index is -0.849. The molecule has 0 radical (unpaired) electrons. The number of hydrogen-bond acceptors (Lipinski definition) is 7. The zero-order valence-corrected chi connectivity index (χ0v) is 17.3. The van der Waals surface area contributed by atoms with Crippen molar-refractivity contribution >= 4 is 28.2 Å². The highest BCUT2D eigenvalue weighted by Crippen LogP contribution is 2.29. The van der Waals surface area contributed by atoms with Gasteiger partial charge in [0.25, 0.3) is 0 Å². The third-order valence-electron chi connectivity index (χ3n) is 5.09. The maximum atomic E-state index is 12.3. The first kappa shape index (κ1) is 20.7. The monoisotopic (exact) mass is 403 g/mol. The summed E-state index contributed by atoms with van der Waals surface area (Å²) in [6.45, 7) is 4.98. The third-order valence-corrected chi connectivity index (χ3v) is 6.06. The Hall–Kier alpha value is -2.03. The number of carbonyl (C=O) groups excluding carboxylic acids is 1. The first-order valence-electron chi connectivity index (χ1n) is 9.89. The standard InChI is InChI=1S/C20H29N5O2S/c1-3-5-15-12-22-20(28-15)24-17-7-4-6-16(23-17)14-8-10-25(11-9-14)19(27)18(21)13(2)26/h4,6-7,12-14,18,26H,3,5,8-11,21H2,1-2H3,(H,22,23,24)/t13-,18-/m0/s1. The molecule has 2 aromatic heterocycles. The Labute approximate surface area is 170 Å². The summed E-state index contributed by atoms with van der Waals surface area (Å²) in [4.78, 5) is 24.5. The van der Waals surface area contributed by atoms with Crippen LogP contribution in [-0.2, 0) is 11.2 Å². The molecule has 28 heavy (non-hydrogen) atoms. The van der Waals surface area contributed by atoms with Crippen molar-refractivity contribution in [3.05, 3.63) is 35.0 Å². The number of likely N-dealkylation sites (tertiary alicyclic amines) is 1. The van der Waals surface area contributed by atoms with E-state index in [0.29, 0.717) is 19.0 Å². The summed E-state index contributed by atoms with van der Waals surface area (Å²) < 4.78 is 0. The molecule has 0 aromatic carbocycles. The molecule has 3 heterocycles. The first-order chi connectivity index (χ1) is 13.5. The zero-order valence-electron chi connectivity index (χ0n) is 16.5. The van der Waals surface area contributed by atoms with E-state index in [2.05, 4.69) is 17.2 Å². The van der Waals surface area contributed by atoms with Crippen LogP contribution in [0.2, 0.25) is 0 Å². The summed E-state index contributed by atoms with van der Waals surface area (Å²) in [5.41, 5.74) is 6.81. The number of pyridine rings is 1. The van der Waals surface area contributed by atoms with Gasteiger partial charge < -0.3 is 21.1 Å². The predicted molar refractivity (Wildman–Crippen MR) is 112 cm³/mol. The number of nitrogens with two attached hydrogens (primary N) is 1. The number of amides is 1. The maximum Gasteiger partial charge on any atom is 0.242 e. The molecule has 0 saturated carbocycles. The highest BCUT2D eigenvalue weighted by molar-refractivity contribution is 7.15. The van der Waals surface area contributed by atoms with Gasteiger partial charge in [-0.2, -0.15) is 0 Å². The van der Waals surface area contributed by atoms with Crippen LogP contribution in [0.15, 0.2) is 24.4 Å². The molecule has 1 amide bonds. The number of aromatic nitrogens is 2. The number of anilines is 2. The Morgan fingerprint density at radius 3 is 2.86 bits per heavy atom. The number of piperidine rings is 1. The lowest BCUT2D eigenvalue weighted by Crippen LogP contribution is -2.51. The van der Waals surface area contributed by atoms with Gasteiger partial charge in [-0.3, -0.25) is 4.79 Å². The van der Waals surface area contributed by atoms with Gasteiger partial charge in [-0.15, -0.1) is 11.3 Å². The van der Waals surface area contributed by atoms with E-state index in [0.717, 1.165) is 42.3 Å². The van der Waals surface area contributed by atoms with E-state index >= 15 is 0 Å². The molecule has 152 valence electrons. The number of aryl methyl sites for hydroxylation is 1. The van der Waals surface area contributed by atoms with Crippen molar-refractivity contribution < 1.29 is 9.90 Å². The van der Waals surface area contributed by atoms with Crippen molar-refractivity contribution in [1.29, 1.82) is 0 Å². The van der Waals surface area contributed by atoms with Crippen molar-refractivity contribution in [3.8, 4) is 0 Å². The van der Waals surface area contributed by atoms with Crippen LogP contribution < -0.4 is 11.1 Å². The van der Waals surface area contributed by atoms with Gasteiger partial charge >= 0.3 is 0 Å². The Morgan fingerprint density at radius 2 is 2.18 bits per heavy atom. The van der Waals surface area contributed by atoms with E-state index in [1.807, 2.05) is 24.4 Å². The smallest absolute Gasteiger partial charge is 0.242 e. The average molecular weight is 404 g/mol. The number of thiazole rings is 1. The SMILES string of the molecule is CCCc1cnc(Nc2cccc(C3CCN(C(=O)[C@@H](N)[C@H](C)O)CC3)n2)s1. The van der Waals surface area contributed by atoms with Gasteiger partial charge in [0.1, 0.15) is 11.9 Å². The van der Waals surface area contributed by atoms with Crippen LogP contribution in [0.5, 0.6) is 0 Å². The number of aliphatic hydroxyl groups is 1. The number of nitrogens with one attached hydrogen (secondary N) is 1. The van der Waals surface area contributed by atoms with Crippen LogP contribution in [0.25, 0.3) is 0 Å². The van der Waals surface area contributed by atoms with E-state index in [4.69, 9.17) is 10.7 Å².